The molecule has 0 unspecified atom stereocenters. The van der Waals surface area contributed by atoms with Crippen molar-refractivity contribution in [3.05, 3.63) is 71.0 Å². The molecule has 2 aliphatic rings. The second-order valence-electron chi connectivity index (χ2n) is 6.60. The van der Waals surface area contributed by atoms with E-state index < -0.39 is 5.41 Å². The average molecular weight is 347 g/mol. The van der Waals surface area contributed by atoms with Crippen LogP contribution in [-0.4, -0.2) is 11.9 Å². The zero-order valence-corrected chi connectivity index (χ0v) is 14.0. The van der Waals surface area contributed by atoms with Crippen molar-refractivity contribution in [1.82, 2.24) is 5.32 Å². The van der Waals surface area contributed by atoms with Crippen LogP contribution in [0.25, 0.3) is 0 Å². The van der Waals surface area contributed by atoms with E-state index in [9.17, 15) is 9.18 Å². The third-order valence-corrected chi connectivity index (χ3v) is 5.19. The summed E-state index contributed by atoms with van der Waals surface area (Å²) < 4.78 is 13.1. The predicted octanol–water partition coefficient (Wildman–Crippen LogP) is 3.02. The molecule has 1 fully saturated rings. The standard InChI is InChI=1S/C19H19FN2O.ClH/c20-14-7-5-13(6-8-14)19(9-10-19)18(23)22-16-11-12-3-1-2-4-15(12)17(16)21;/h1-8,16-17H,9-11,21H2,(H,22,23);1H/t16-,17-;/m0./s1. The quantitative estimate of drug-likeness (QED) is 0.897. The Morgan fingerprint density at radius 2 is 1.79 bits per heavy atom. The minimum absolute atomic E-state index is 0. The number of hydrogen-bond acceptors (Lipinski definition) is 2. The van der Waals surface area contributed by atoms with Crippen LogP contribution < -0.4 is 11.1 Å². The number of hydrogen-bond donors (Lipinski definition) is 2. The highest BCUT2D eigenvalue weighted by atomic mass is 35.5. The number of nitrogens with one attached hydrogen (secondary N) is 1. The first-order valence-corrected chi connectivity index (χ1v) is 8.00. The number of carbonyl (C=O) groups excluding carboxylic acids is 1. The number of nitrogens with two attached hydrogens (primary N) is 1. The van der Waals surface area contributed by atoms with Crippen molar-refractivity contribution in [3.8, 4) is 0 Å². The molecule has 0 aromatic heterocycles. The highest BCUT2D eigenvalue weighted by molar-refractivity contribution is 5.91. The zero-order chi connectivity index (χ0) is 16.0. The molecule has 0 radical (unpaired) electrons. The smallest absolute Gasteiger partial charge is 0.230 e. The maximum Gasteiger partial charge on any atom is 0.230 e. The molecule has 0 heterocycles. The molecular formula is C19H20ClFN2O. The summed E-state index contributed by atoms with van der Waals surface area (Å²) in [5, 5.41) is 3.13. The average Bonchev–Trinajstić information content (AvgIpc) is 3.31. The molecule has 2 atom stereocenters. The first-order valence-electron chi connectivity index (χ1n) is 8.00. The number of fused-ring (bicyclic) bond motifs is 1. The summed E-state index contributed by atoms with van der Waals surface area (Å²) in [5.41, 5.74) is 9.01. The maximum atomic E-state index is 13.1. The molecule has 126 valence electrons. The largest absolute Gasteiger partial charge is 0.350 e. The van der Waals surface area contributed by atoms with E-state index in [1.54, 1.807) is 12.1 Å². The molecule has 3 N–H and O–H groups in total. The molecule has 0 aliphatic heterocycles. The third kappa shape index (κ3) is 2.70. The molecule has 0 saturated heterocycles. The van der Waals surface area contributed by atoms with Crippen LogP contribution in [0.1, 0.15) is 35.6 Å². The van der Waals surface area contributed by atoms with Crippen LogP contribution in [-0.2, 0) is 16.6 Å². The van der Waals surface area contributed by atoms with Gasteiger partial charge in [-0.2, -0.15) is 0 Å². The first kappa shape index (κ1) is 16.9. The Morgan fingerprint density at radius 1 is 1.12 bits per heavy atom. The summed E-state index contributed by atoms with van der Waals surface area (Å²) in [6.07, 6.45) is 2.38. The van der Waals surface area contributed by atoms with Crippen LogP contribution in [0.15, 0.2) is 48.5 Å². The lowest BCUT2D eigenvalue weighted by atomic mass is 9.94. The van der Waals surface area contributed by atoms with Crippen molar-refractivity contribution < 1.29 is 9.18 Å². The highest BCUT2D eigenvalue weighted by Crippen LogP contribution is 2.48. The van der Waals surface area contributed by atoms with Crippen molar-refractivity contribution in [2.45, 2.75) is 36.8 Å². The first-order chi connectivity index (χ1) is 11.1. The van der Waals surface area contributed by atoms with E-state index >= 15 is 0 Å². The van der Waals surface area contributed by atoms with Gasteiger partial charge in [0, 0.05) is 0 Å². The van der Waals surface area contributed by atoms with Gasteiger partial charge in [0.1, 0.15) is 5.82 Å². The van der Waals surface area contributed by atoms with Gasteiger partial charge in [-0.3, -0.25) is 4.79 Å². The van der Waals surface area contributed by atoms with E-state index in [0.29, 0.717) is 0 Å². The topological polar surface area (TPSA) is 55.1 Å². The minimum atomic E-state index is -0.498. The van der Waals surface area contributed by atoms with Gasteiger partial charge < -0.3 is 11.1 Å². The normalized spacial score (nSPS) is 23.1. The number of benzene rings is 2. The van der Waals surface area contributed by atoms with Crippen LogP contribution in [0, 0.1) is 5.82 Å². The molecule has 3 nitrogen and oxygen atoms in total. The zero-order valence-electron chi connectivity index (χ0n) is 13.2. The fourth-order valence-corrected chi connectivity index (χ4v) is 3.61. The molecule has 1 amide bonds. The Hall–Kier alpha value is -1.91. The molecule has 5 heteroatoms. The Bertz CT molecular complexity index is 758. The van der Waals surface area contributed by atoms with Crippen molar-refractivity contribution >= 4 is 18.3 Å². The Balaban J connectivity index is 0.00000169. The van der Waals surface area contributed by atoms with E-state index in [0.717, 1.165) is 30.4 Å². The van der Waals surface area contributed by atoms with E-state index in [-0.39, 0.29) is 36.2 Å². The van der Waals surface area contributed by atoms with Crippen LogP contribution in [0.3, 0.4) is 0 Å². The van der Waals surface area contributed by atoms with Gasteiger partial charge in [-0.1, -0.05) is 36.4 Å². The van der Waals surface area contributed by atoms with Gasteiger partial charge in [-0.15, -0.1) is 12.4 Å². The van der Waals surface area contributed by atoms with Gasteiger partial charge in [0.25, 0.3) is 0 Å². The van der Waals surface area contributed by atoms with E-state index in [1.807, 2.05) is 18.2 Å². The van der Waals surface area contributed by atoms with E-state index in [2.05, 4.69) is 11.4 Å². The van der Waals surface area contributed by atoms with Gasteiger partial charge in [-0.05, 0) is 48.1 Å². The molecule has 24 heavy (non-hydrogen) atoms. The molecule has 2 aromatic carbocycles. The summed E-state index contributed by atoms with van der Waals surface area (Å²) in [6.45, 7) is 0. The van der Waals surface area contributed by atoms with Crippen LogP contribution in [0.2, 0.25) is 0 Å². The molecule has 4 rings (SSSR count). The van der Waals surface area contributed by atoms with Crippen molar-refractivity contribution in [3.63, 3.8) is 0 Å². The van der Waals surface area contributed by atoms with E-state index in [4.69, 9.17) is 5.73 Å². The van der Waals surface area contributed by atoms with Gasteiger partial charge in [0.2, 0.25) is 5.91 Å². The fraction of sp³-hybridized carbons (Fsp3) is 0.316. The van der Waals surface area contributed by atoms with Gasteiger partial charge in [0.15, 0.2) is 0 Å². The lowest BCUT2D eigenvalue weighted by Crippen LogP contribution is -2.45. The molecule has 0 bridgehead atoms. The summed E-state index contributed by atoms with van der Waals surface area (Å²) in [6, 6.07) is 14.1. The molecule has 0 spiro atoms. The summed E-state index contributed by atoms with van der Waals surface area (Å²) in [5.74, 6) is -0.268. The number of amides is 1. The van der Waals surface area contributed by atoms with Gasteiger partial charge >= 0.3 is 0 Å². The fourth-order valence-electron chi connectivity index (χ4n) is 3.61. The second kappa shape index (κ2) is 6.19. The van der Waals surface area contributed by atoms with Crippen LogP contribution in [0.4, 0.5) is 4.39 Å². The summed E-state index contributed by atoms with van der Waals surface area (Å²) in [7, 11) is 0. The SMILES string of the molecule is Cl.N[C@H]1c2ccccc2C[C@@H]1NC(=O)C1(c2ccc(F)cc2)CC1. The number of rotatable bonds is 3. The Labute approximate surface area is 146 Å². The number of halogens is 2. The van der Waals surface area contributed by atoms with Crippen molar-refractivity contribution in [2.24, 2.45) is 5.73 Å². The Kier molecular flexibility index (Phi) is 4.37. The molecule has 2 aliphatic carbocycles. The number of carbonyl (C=O) groups is 1. The molecular weight excluding hydrogens is 327 g/mol. The predicted molar refractivity (Wildman–Crippen MR) is 93.6 cm³/mol. The third-order valence-electron chi connectivity index (χ3n) is 5.19. The summed E-state index contributed by atoms with van der Waals surface area (Å²) >= 11 is 0. The molecule has 1 saturated carbocycles. The van der Waals surface area contributed by atoms with Crippen LogP contribution in [0.5, 0.6) is 0 Å². The summed E-state index contributed by atoms with van der Waals surface area (Å²) in [4.78, 5) is 12.8. The van der Waals surface area contributed by atoms with Crippen molar-refractivity contribution in [1.29, 1.82) is 0 Å². The lowest BCUT2D eigenvalue weighted by molar-refractivity contribution is -0.124. The minimum Gasteiger partial charge on any atom is -0.350 e. The van der Waals surface area contributed by atoms with E-state index in [1.165, 1.54) is 17.7 Å². The van der Waals surface area contributed by atoms with Gasteiger partial charge in [-0.25, -0.2) is 4.39 Å². The van der Waals surface area contributed by atoms with Crippen molar-refractivity contribution in [2.75, 3.05) is 0 Å². The lowest BCUT2D eigenvalue weighted by Gasteiger charge is -2.22. The molecule has 2 aromatic rings. The Morgan fingerprint density at radius 3 is 2.42 bits per heavy atom. The van der Waals surface area contributed by atoms with Gasteiger partial charge in [0.05, 0.1) is 17.5 Å². The van der Waals surface area contributed by atoms with Crippen LogP contribution >= 0.6 is 12.4 Å². The maximum absolute atomic E-state index is 13.1. The second-order valence-corrected chi connectivity index (χ2v) is 6.60. The monoisotopic (exact) mass is 346 g/mol. The highest BCUT2D eigenvalue weighted by Gasteiger charge is 2.52.